The molecule has 0 spiro atoms. The average Bonchev–Trinajstić information content (AvgIpc) is 2.75. The molecule has 2 amide bonds. The van der Waals surface area contributed by atoms with Crippen LogP contribution < -0.4 is 25.9 Å². The summed E-state index contributed by atoms with van der Waals surface area (Å²) in [5, 5.41) is 0.489. The number of ether oxygens (including phenoxy) is 2. The van der Waals surface area contributed by atoms with Gasteiger partial charge in [-0.2, -0.15) is 0 Å². The summed E-state index contributed by atoms with van der Waals surface area (Å²) in [7, 11) is 1.50. The number of methoxy groups -OCH3 is 1. The molecule has 29 heavy (non-hydrogen) atoms. The molecule has 1 heterocycles. The summed E-state index contributed by atoms with van der Waals surface area (Å²) in [6, 6.07) is 13.9. The summed E-state index contributed by atoms with van der Waals surface area (Å²) < 4.78 is 10.5. The zero-order chi connectivity index (χ0) is 20.6. The Hall–Kier alpha value is -3.88. The molecule has 3 N–H and O–H groups in total. The molecule has 0 saturated heterocycles. The largest absolute Gasteiger partial charge is 0.493 e. The van der Waals surface area contributed by atoms with Crippen LogP contribution in [0.2, 0.25) is 0 Å². The van der Waals surface area contributed by atoms with Crippen molar-refractivity contribution in [2.24, 2.45) is 0 Å². The summed E-state index contributed by atoms with van der Waals surface area (Å²) in [5.41, 5.74) is 4.88. The highest BCUT2D eigenvalue weighted by molar-refractivity contribution is 5.83. The molecule has 9 heteroatoms. The highest BCUT2D eigenvalue weighted by Gasteiger charge is 2.10. The van der Waals surface area contributed by atoms with E-state index in [1.807, 2.05) is 0 Å². The summed E-state index contributed by atoms with van der Waals surface area (Å²) in [5.74, 6) is 0.367. The van der Waals surface area contributed by atoms with E-state index in [2.05, 4.69) is 20.8 Å². The van der Waals surface area contributed by atoms with Gasteiger partial charge in [0.1, 0.15) is 5.82 Å². The van der Waals surface area contributed by atoms with Gasteiger partial charge in [-0.25, -0.2) is 4.98 Å². The molecule has 2 aromatic carbocycles. The number of aromatic amines is 1. The number of aryl methyl sites for hydroxylation is 1. The second-order valence-electron chi connectivity index (χ2n) is 6.07. The third kappa shape index (κ3) is 5.32. The van der Waals surface area contributed by atoms with Crippen molar-refractivity contribution in [3.8, 4) is 11.5 Å². The lowest BCUT2D eigenvalue weighted by Gasteiger charge is -2.11. The number of rotatable bonds is 7. The molecule has 3 rings (SSSR count). The van der Waals surface area contributed by atoms with E-state index in [1.54, 1.807) is 48.5 Å². The summed E-state index contributed by atoms with van der Waals surface area (Å²) in [4.78, 5) is 42.8. The predicted octanol–water partition coefficient (Wildman–Crippen LogP) is 1.09. The molecule has 0 atom stereocenters. The van der Waals surface area contributed by atoms with Crippen LogP contribution in [-0.4, -0.2) is 35.5 Å². The Morgan fingerprint density at radius 2 is 1.69 bits per heavy atom. The van der Waals surface area contributed by atoms with Gasteiger partial charge in [-0.1, -0.05) is 24.3 Å². The Kier molecular flexibility index (Phi) is 6.41. The maximum absolute atomic E-state index is 12.0. The molecule has 0 unspecified atom stereocenters. The zero-order valence-corrected chi connectivity index (χ0v) is 15.7. The number of hydrogen-bond acceptors (Lipinski definition) is 6. The lowest BCUT2D eigenvalue weighted by atomic mass is 10.2. The number of carbonyl (C=O) groups is 2. The highest BCUT2D eigenvalue weighted by Crippen LogP contribution is 2.25. The second-order valence-corrected chi connectivity index (χ2v) is 6.07. The van der Waals surface area contributed by atoms with Crippen molar-refractivity contribution in [3.63, 3.8) is 0 Å². The Balaban J connectivity index is 1.45. The molecule has 0 saturated carbocycles. The monoisotopic (exact) mass is 396 g/mol. The van der Waals surface area contributed by atoms with E-state index in [9.17, 15) is 14.4 Å². The van der Waals surface area contributed by atoms with Crippen LogP contribution in [-0.2, 0) is 16.0 Å². The normalized spacial score (nSPS) is 10.4. The molecule has 0 radical (unpaired) electrons. The number of amides is 2. The molecule has 0 bridgehead atoms. The number of H-pyrrole nitrogens is 1. The van der Waals surface area contributed by atoms with Crippen LogP contribution in [0.5, 0.6) is 11.5 Å². The topological polar surface area (TPSA) is 122 Å². The van der Waals surface area contributed by atoms with Crippen LogP contribution in [0.4, 0.5) is 0 Å². The van der Waals surface area contributed by atoms with Gasteiger partial charge >= 0.3 is 0 Å². The summed E-state index contributed by atoms with van der Waals surface area (Å²) in [6.07, 6.45) is 0.258. The third-order valence-electron chi connectivity index (χ3n) is 4.02. The molecule has 150 valence electrons. The molecular formula is C20H20N4O5. The van der Waals surface area contributed by atoms with Gasteiger partial charge < -0.3 is 14.5 Å². The van der Waals surface area contributed by atoms with Crippen molar-refractivity contribution < 1.29 is 19.1 Å². The Labute approximate surface area is 166 Å². The number of para-hydroxylation sites is 3. The minimum atomic E-state index is -0.526. The van der Waals surface area contributed by atoms with E-state index in [-0.39, 0.29) is 25.0 Å². The standard InChI is InChI=1S/C20H20N4O5/c1-28-15-8-4-5-9-16(15)29-12-19(26)24-23-18(25)11-10-17-21-14-7-3-2-6-13(14)20(27)22-17/h2-9H,10-12H2,1H3,(H,23,25)(H,24,26)(H,21,22,27). The highest BCUT2D eigenvalue weighted by atomic mass is 16.5. The fraction of sp³-hybridized carbons (Fsp3) is 0.200. The molecule has 0 aliphatic rings. The number of carbonyl (C=O) groups excluding carboxylic acids is 2. The fourth-order valence-electron chi connectivity index (χ4n) is 2.60. The minimum absolute atomic E-state index is 0.0366. The van der Waals surface area contributed by atoms with Gasteiger partial charge in [0.05, 0.1) is 18.0 Å². The van der Waals surface area contributed by atoms with Crippen LogP contribution in [0.3, 0.4) is 0 Å². The van der Waals surface area contributed by atoms with Crippen molar-refractivity contribution in [1.82, 2.24) is 20.8 Å². The molecule has 0 fully saturated rings. The molecule has 0 aliphatic heterocycles. The van der Waals surface area contributed by atoms with Gasteiger partial charge in [0.2, 0.25) is 5.91 Å². The number of nitrogens with one attached hydrogen (secondary N) is 3. The maximum atomic E-state index is 12.0. The van der Waals surface area contributed by atoms with Crippen LogP contribution in [0.1, 0.15) is 12.2 Å². The minimum Gasteiger partial charge on any atom is -0.493 e. The zero-order valence-electron chi connectivity index (χ0n) is 15.7. The first-order valence-electron chi connectivity index (χ1n) is 8.88. The first-order valence-corrected chi connectivity index (χ1v) is 8.88. The van der Waals surface area contributed by atoms with Crippen molar-refractivity contribution in [2.45, 2.75) is 12.8 Å². The average molecular weight is 396 g/mol. The number of benzene rings is 2. The van der Waals surface area contributed by atoms with Gasteiger partial charge in [0.15, 0.2) is 18.1 Å². The lowest BCUT2D eigenvalue weighted by Crippen LogP contribution is -2.44. The molecule has 9 nitrogen and oxygen atoms in total. The van der Waals surface area contributed by atoms with E-state index < -0.39 is 11.8 Å². The Bertz CT molecular complexity index is 1080. The van der Waals surface area contributed by atoms with Crippen molar-refractivity contribution in [1.29, 1.82) is 0 Å². The number of nitrogens with zero attached hydrogens (tertiary/aromatic N) is 1. The first kappa shape index (κ1) is 19.9. The number of aromatic nitrogens is 2. The molecule has 0 aliphatic carbocycles. The number of fused-ring (bicyclic) bond motifs is 1. The van der Waals surface area contributed by atoms with Crippen molar-refractivity contribution in [2.75, 3.05) is 13.7 Å². The maximum Gasteiger partial charge on any atom is 0.276 e. The SMILES string of the molecule is COc1ccccc1OCC(=O)NNC(=O)CCc1nc2ccccc2c(=O)[nH]1. The lowest BCUT2D eigenvalue weighted by molar-refractivity contribution is -0.130. The Morgan fingerprint density at radius 1 is 1.00 bits per heavy atom. The van der Waals surface area contributed by atoms with Gasteiger partial charge in [-0.3, -0.25) is 25.2 Å². The van der Waals surface area contributed by atoms with Gasteiger partial charge in [0, 0.05) is 12.8 Å². The smallest absolute Gasteiger partial charge is 0.276 e. The van der Waals surface area contributed by atoms with E-state index in [1.165, 1.54) is 7.11 Å². The molecule has 1 aromatic heterocycles. The van der Waals surface area contributed by atoms with E-state index in [4.69, 9.17) is 9.47 Å². The van der Waals surface area contributed by atoms with E-state index >= 15 is 0 Å². The summed E-state index contributed by atoms with van der Waals surface area (Å²) >= 11 is 0. The van der Waals surface area contributed by atoms with E-state index in [0.717, 1.165) is 0 Å². The Morgan fingerprint density at radius 3 is 2.48 bits per heavy atom. The van der Waals surface area contributed by atoms with E-state index in [0.29, 0.717) is 28.2 Å². The third-order valence-corrected chi connectivity index (χ3v) is 4.02. The van der Waals surface area contributed by atoms with Crippen LogP contribution in [0.25, 0.3) is 10.9 Å². The fourth-order valence-corrected chi connectivity index (χ4v) is 2.60. The quantitative estimate of drug-likeness (QED) is 0.514. The summed E-state index contributed by atoms with van der Waals surface area (Å²) in [6.45, 7) is -0.291. The first-order chi connectivity index (χ1) is 14.1. The molecule has 3 aromatic rings. The van der Waals surface area contributed by atoms with Crippen LogP contribution >= 0.6 is 0 Å². The second kappa shape index (κ2) is 9.36. The van der Waals surface area contributed by atoms with Gasteiger partial charge in [0.25, 0.3) is 11.5 Å². The van der Waals surface area contributed by atoms with Crippen LogP contribution in [0, 0.1) is 0 Å². The van der Waals surface area contributed by atoms with Crippen molar-refractivity contribution >= 4 is 22.7 Å². The van der Waals surface area contributed by atoms with Gasteiger partial charge in [-0.05, 0) is 24.3 Å². The number of hydrazine groups is 1. The number of hydrogen-bond donors (Lipinski definition) is 3. The predicted molar refractivity (Wildman–Crippen MR) is 105 cm³/mol. The van der Waals surface area contributed by atoms with Crippen LogP contribution in [0.15, 0.2) is 53.3 Å². The van der Waals surface area contributed by atoms with Crippen molar-refractivity contribution in [3.05, 3.63) is 64.7 Å². The van der Waals surface area contributed by atoms with Gasteiger partial charge in [-0.15, -0.1) is 0 Å². The molecular weight excluding hydrogens is 376 g/mol.